The molecular weight excluding hydrogens is 214 g/mol. The second kappa shape index (κ2) is 5.89. The number of carbonyl (C=O) groups is 1. The van der Waals surface area contributed by atoms with Crippen molar-refractivity contribution in [1.82, 2.24) is 4.90 Å². The van der Waals surface area contributed by atoms with Gasteiger partial charge in [0.1, 0.15) is 5.76 Å². The highest BCUT2D eigenvalue weighted by atomic mass is 16.3. The molecule has 1 rings (SSSR count). The Morgan fingerprint density at radius 1 is 1.24 bits per heavy atom. The molecule has 0 spiro atoms. The fraction of sp³-hybridized carbons (Fsp3) is 0.643. The lowest BCUT2D eigenvalue weighted by atomic mass is 10.1. The Kier molecular flexibility index (Phi) is 4.79. The number of hydrogen-bond acceptors (Lipinski definition) is 2. The van der Waals surface area contributed by atoms with Crippen LogP contribution in [0.15, 0.2) is 16.5 Å². The average Bonchev–Trinajstić information content (AvgIpc) is 2.75. The second-order valence-corrected chi connectivity index (χ2v) is 4.64. The average molecular weight is 237 g/mol. The lowest BCUT2D eigenvalue weighted by Gasteiger charge is -2.33. The molecule has 0 N–H and O–H groups in total. The van der Waals surface area contributed by atoms with Crippen molar-refractivity contribution in [2.24, 2.45) is 0 Å². The van der Waals surface area contributed by atoms with Crippen LogP contribution in [0.4, 0.5) is 0 Å². The molecule has 1 amide bonds. The third-order valence-corrected chi connectivity index (χ3v) is 3.32. The van der Waals surface area contributed by atoms with Crippen molar-refractivity contribution >= 4 is 5.91 Å². The Balaban J connectivity index is 2.94. The highest BCUT2D eigenvalue weighted by molar-refractivity contribution is 5.92. The van der Waals surface area contributed by atoms with Gasteiger partial charge >= 0.3 is 0 Å². The summed E-state index contributed by atoms with van der Waals surface area (Å²) in [6, 6.07) is 4.07. The van der Waals surface area contributed by atoms with Gasteiger partial charge in [0.15, 0.2) is 5.76 Å². The molecule has 0 aromatic carbocycles. The van der Waals surface area contributed by atoms with E-state index >= 15 is 0 Å². The molecule has 3 nitrogen and oxygen atoms in total. The molecule has 1 heterocycles. The van der Waals surface area contributed by atoms with Crippen LogP contribution in [0.5, 0.6) is 0 Å². The molecule has 17 heavy (non-hydrogen) atoms. The summed E-state index contributed by atoms with van der Waals surface area (Å²) >= 11 is 0. The Morgan fingerprint density at radius 3 is 2.12 bits per heavy atom. The predicted octanol–water partition coefficient (Wildman–Crippen LogP) is 3.63. The monoisotopic (exact) mass is 237 g/mol. The van der Waals surface area contributed by atoms with Gasteiger partial charge in [0.25, 0.3) is 5.91 Å². The molecule has 96 valence electrons. The van der Waals surface area contributed by atoms with Gasteiger partial charge in [-0.3, -0.25) is 4.79 Å². The van der Waals surface area contributed by atoms with Gasteiger partial charge in [-0.15, -0.1) is 0 Å². The molecule has 0 saturated heterocycles. The summed E-state index contributed by atoms with van der Waals surface area (Å²) < 4.78 is 5.42. The van der Waals surface area contributed by atoms with E-state index in [1.165, 1.54) is 0 Å². The minimum atomic E-state index is 0.00167. The number of amides is 1. The minimum Gasteiger partial charge on any atom is -0.456 e. The third kappa shape index (κ3) is 3.11. The van der Waals surface area contributed by atoms with E-state index in [4.69, 9.17) is 4.42 Å². The lowest BCUT2D eigenvalue weighted by Crippen LogP contribution is -2.44. The van der Waals surface area contributed by atoms with E-state index < -0.39 is 0 Å². The van der Waals surface area contributed by atoms with Crippen LogP contribution in [0.2, 0.25) is 0 Å². The number of nitrogens with zero attached hydrogens (tertiary/aromatic N) is 1. The maximum atomic E-state index is 12.4. The van der Waals surface area contributed by atoms with Crippen molar-refractivity contribution in [1.29, 1.82) is 0 Å². The van der Waals surface area contributed by atoms with Crippen LogP contribution in [0.1, 0.15) is 56.9 Å². The van der Waals surface area contributed by atoms with Crippen molar-refractivity contribution < 1.29 is 9.21 Å². The molecule has 0 saturated carbocycles. The zero-order valence-corrected chi connectivity index (χ0v) is 11.5. The quantitative estimate of drug-likeness (QED) is 0.783. The molecule has 0 aliphatic rings. The van der Waals surface area contributed by atoms with Crippen LogP contribution in [0.25, 0.3) is 0 Å². The maximum absolute atomic E-state index is 12.4. The van der Waals surface area contributed by atoms with Gasteiger partial charge in [-0.1, -0.05) is 13.8 Å². The largest absolute Gasteiger partial charge is 0.456 e. The summed E-state index contributed by atoms with van der Waals surface area (Å²) in [6.45, 7) is 10.2. The van der Waals surface area contributed by atoms with E-state index in [2.05, 4.69) is 27.7 Å². The van der Waals surface area contributed by atoms with Crippen molar-refractivity contribution in [2.75, 3.05) is 0 Å². The zero-order valence-electron chi connectivity index (χ0n) is 11.5. The van der Waals surface area contributed by atoms with E-state index in [1.54, 1.807) is 6.07 Å². The third-order valence-electron chi connectivity index (χ3n) is 3.32. The van der Waals surface area contributed by atoms with Gasteiger partial charge in [-0.2, -0.15) is 0 Å². The Bertz CT molecular complexity index is 360. The first-order chi connectivity index (χ1) is 8.01. The molecule has 0 aliphatic carbocycles. The Morgan fingerprint density at radius 2 is 1.76 bits per heavy atom. The SMILES string of the molecule is CC[C@@H](C)N(C(=O)c1ccc(C)o1)[C@@H](C)CC. The van der Waals surface area contributed by atoms with Crippen molar-refractivity contribution in [3.8, 4) is 0 Å². The molecule has 2 atom stereocenters. The first-order valence-corrected chi connectivity index (χ1v) is 6.40. The van der Waals surface area contributed by atoms with E-state index in [-0.39, 0.29) is 18.0 Å². The summed E-state index contributed by atoms with van der Waals surface area (Å²) in [4.78, 5) is 14.3. The summed E-state index contributed by atoms with van der Waals surface area (Å²) in [5.74, 6) is 1.23. The topological polar surface area (TPSA) is 33.5 Å². The molecule has 0 radical (unpaired) electrons. The zero-order chi connectivity index (χ0) is 13.0. The first-order valence-electron chi connectivity index (χ1n) is 6.40. The summed E-state index contributed by atoms with van der Waals surface area (Å²) in [5, 5.41) is 0. The van der Waals surface area contributed by atoms with E-state index in [0.29, 0.717) is 5.76 Å². The van der Waals surface area contributed by atoms with E-state index in [1.807, 2.05) is 17.9 Å². The van der Waals surface area contributed by atoms with E-state index in [9.17, 15) is 4.79 Å². The molecule has 1 aromatic rings. The second-order valence-electron chi connectivity index (χ2n) is 4.64. The standard InChI is InChI=1S/C14H23NO2/c1-6-10(3)15(11(4)7-2)14(16)13-9-8-12(5)17-13/h8-11H,6-7H2,1-5H3/t10-,11+. The van der Waals surface area contributed by atoms with Crippen LogP contribution in [-0.4, -0.2) is 22.9 Å². The van der Waals surface area contributed by atoms with Gasteiger partial charge in [-0.25, -0.2) is 0 Å². The first kappa shape index (κ1) is 13.8. The fourth-order valence-electron chi connectivity index (χ4n) is 1.90. The van der Waals surface area contributed by atoms with Gasteiger partial charge < -0.3 is 9.32 Å². The minimum absolute atomic E-state index is 0.00167. The predicted molar refractivity (Wildman–Crippen MR) is 69.1 cm³/mol. The van der Waals surface area contributed by atoms with Gasteiger partial charge in [0, 0.05) is 12.1 Å². The summed E-state index contributed by atoms with van der Waals surface area (Å²) in [6.07, 6.45) is 1.91. The Labute approximate surface area is 104 Å². The molecular formula is C14H23NO2. The van der Waals surface area contributed by atoms with Crippen molar-refractivity contribution in [2.45, 2.75) is 59.5 Å². The summed E-state index contributed by atoms with van der Waals surface area (Å²) in [5.41, 5.74) is 0. The van der Waals surface area contributed by atoms with Gasteiger partial charge in [0.2, 0.25) is 0 Å². The number of aryl methyl sites for hydroxylation is 1. The smallest absolute Gasteiger partial charge is 0.290 e. The maximum Gasteiger partial charge on any atom is 0.290 e. The van der Waals surface area contributed by atoms with Crippen LogP contribution in [-0.2, 0) is 0 Å². The number of hydrogen-bond donors (Lipinski definition) is 0. The Hall–Kier alpha value is -1.25. The van der Waals surface area contributed by atoms with Crippen LogP contribution in [0, 0.1) is 6.92 Å². The number of rotatable bonds is 5. The van der Waals surface area contributed by atoms with Crippen molar-refractivity contribution in [3.05, 3.63) is 23.7 Å². The highest BCUT2D eigenvalue weighted by Crippen LogP contribution is 2.17. The summed E-state index contributed by atoms with van der Waals surface area (Å²) in [7, 11) is 0. The number of carbonyl (C=O) groups excluding carboxylic acids is 1. The molecule has 0 unspecified atom stereocenters. The molecule has 0 aliphatic heterocycles. The van der Waals surface area contributed by atoms with Gasteiger partial charge in [-0.05, 0) is 45.7 Å². The number of furan rings is 1. The highest BCUT2D eigenvalue weighted by Gasteiger charge is 2.26. The molecule has 0 fully saturated rings. The molecule has 3 heteroatoms. The lowest BCUT2D eigenvalue weighted by molar-refractivity contribution is 0.0564. The fourth-order valence-corrected chi connectivity index (χ4v) is 1.90. The van der Waals surface area contributed by atoms with E-state index in [0.717, 1.165) is 18.6 Å². The van der Waals surface area contributed by atoms with Crippen LogP contribution in [0.3, 0.4) is 0 Å². The molecule has 0 bridgehead atoms. The van der Waals surface area contributed by atoms with Gasteiger partial charge in [0.05, 0.1) is 0 Å². The molecule has 1 aromatic heterocycles. The van der Waals surface area contributed by atoms with Crippen molar-refractivity contribution in [3.63, 3.8) is 0 Å². The van der Waals surface area contributed by atoms with Crippen LogP contribution >= 0.6 is 0 Å². The normalized spacial score (nSPS) is 14.4. The van der Waals surface area contributed by atoms with Crippen LogP contribution < -0.4 is 0 Å².